The molecule has 2 aromatic heterocycles. The zero-order valence-electron chi connectivity index (χ0n) is 12.8. The molecule has 0 bridgehead atoms. The van der Waals surface area contributed by atoms with Gasteiger partial charge >= 0.3 is 0 Å². The minimum atomic E-state index is -0.760. The number of carbonyl (C=O) groups excluding carboxylic acids is 1. The summed E-state index contributed by atoms with van der Waals surface area (Å²) in [6, 6.07) is 1.70. The lowest BCUT2D eigenvalue weighted by atomic mass is 10.3. The first-order valence-corrected chi connectivity index (χ1v) is 6.95. The summed E-state index contributed by atoms with van der Waals surface area (Å²) in [5, 5.41) is 4.64. The zero-order valence-corrected chi connectivity index (χ0v) is 13.5. The Hall–Kier alpha value is -2.35. The van der Waals surface area contributed by atoms with E-state index in [0.29, 0.717) is 11.5 Å². The van der Waals surface area contributed by atoms with Crippen molar-refractivity contribution in [2.75, 3.05) is 31.1 Å². The minimum Gasteiger partial charge on any atom is -0.479 e. The van der Waals surface area contributed by atoms with Crippen LogP contribution in [0, 0.1) is 0 Å². The van der Waals surface area contributed by atoms with Crippen LogP contribution in [-0.2, 0) is 4.79 Å². The average Bonchev–Trinajstić information content (AvgIpc) is 3.01. The monoisotopic (exact) mass is 324 g/mol. The fourth-order valence-corrected chi connectivity index (χ4v) is 1.97. The molecule has 1 atom stereocenters. The number of methoxy groups -OCH3 is 1. The lowest BCUT2D eigenvalue weighted by Crippen LogP contribution is -2.41. The Labute approximate surface area is 133 Å². The second-order valence-electron chi connectivity index (χ2n) is 4.64. The van der Waals surface area contributed by atoms with Crippen LogP contribution >= 0.6 is 11.6 Å². The van der Waals surface area contributed by atoms with Crippen molar-refractivity contribution in [2.24, 2.45) is 0 Å². The third-order valence-electron chi connectivity index (χ3n) is 2.84. The van der Waals surface area contributed by atoms with Gasteiger partial charge in [-0.3, -0.25) is 4.79 Å². The van der Waals surface area contributed by atoms with Crippen LogP contribution in [0.5, 0.6) is 5.88 Å². The SMILES string of the molecule is COc1ncnc(N(C)C)c1N(C(=O)C(C)Cl)n1cccn1. The largest absolute Gasteiger partial charge is 0.479 e. The third-order valence-corrected chi connectivity index (χ3v) is 3.03. The molecule has 22 heavy (non-hydrogen) atoms. The summed E-state index contributed by atoms with van der Waals surface area (Å²) >= 11 is 5.99. The van der Waals surface area contributed by atoms with E-state index >= 15 is 0 Å². The maximum atomic E-state index is 12.6. The van der Waals surface area contributed by atoms with Crippen molar-refractivity contribution in [2.45, 2.75) is 12.3 Å². The molecule has 1 amide bonds. The van der Waals surface area contributed by atoms with E-state index in [1.807, 2.05) is 0 Å². The van der Waals surface area contributed by atoms with Crippen molar-refractivity contribution in [3.63, 3.8) is 0 Å². The first kappa shape index (κ1) is 16.0. The van der Waals surface area contributed by atoms with Crippen molar-refractivity contribution < 1.29 is 9.53 Å². The topological polar surface area (TPSA) is 76.4 Å². The summed E-state index contributed by atoms with van der Waals surface area (Å²) in [6.07, 6.45) is 4.56. The van der Waals surface area contributed by atoms with E-state index < -0.39 is 5.38 Å². The number of amides is 1. The molecule has 0 aliphatic heterocycles. The highest BCUT2D eigenvalue weighted by molar-refractivity contribution is 6.32. The average molecular weight is 325 g/mol. The van der Waals surface area contributed by atoms with Crippen molar-refractivity contribution in [3.05, 3.63) is 24.8 Å². The third kappa shape index (κ3) is 2.96. The zero-order chi connectivity index (χ0) is 16.3. The van der Waals surface area contributed by atoms with Crippen LogP contribution in [0.1, 0.15) is 6.92 Å². The molecular formula is C13H17ClN6O2. The minimum absolute atomic E-state index is 0.250. The number of anilines is 2. The molecule has 0 N–H and O–H groups in total. The summed E-state index contributed by atoms with van der Waals surface area (Å²) in [5.41, 5.74) is 0.371. The molecule has 0 aliphatic carbocycles. The standard InChI is InChI=1S/C13H17ClN6O2/c1-9(14)13(21)20(19-7-5-6-17-19)10-11(18(2)3)15-8-16-12(10)22-4/h5-9H,1-4H3. The van der Waals surface area contributed by atoms with Crippen LogP contribution in [0.2, 0.25) is 0 Å². The van der Waals surface area contributed by atoms with Gasteiger partial charge in [0, 0.05) is 20.3 Å². The van der Waals surface area contributed by atoms with Crippen LogP contribution in [0.25, 0.3) is 0 Å². The van der Waals surface area contributed by atoms with Gasteiger partial charge in [-0.1, -0.05) is 0 Å². The van der Waals surface area contributed by atoms with Gasteiger partial charge in [0.1, 0.15) is 11.7 Å². The van der Waals surface area contributed by atoms with Gasteiger partial charge in [0.25, 0.3) is 5.91 Å². The lowest BCUT2D eigenvalue weighted by Gasteiger charge is -2.27. The fraction of sp³-hybridized carbons (Fsp3) is 0.385. The van der Waals surface area contributed by atoms with E-state index in [4.69, 9.17) is 16.3 Å². The molecule has 1 unspecified atom stereocenters. The van der Waals surface area contributed by atoms with E-state index in [1.165, 1.54) is 23.2 Å². The Bertz CT molecular complexity index is 644. The molecular weight excluding hydrogens is 308 g/mol. The van der Waals surface area contributed by atoms with Crippen LogP contribution in [0.15, 0.2) is 24.8 Å². The van der Waals surface area contributed by atoms with Crippen LogP contribution in [0.3, 0.4) is 0 Å². The van der Waals surface area contributed by atoms with Crippen molar-refractivity contribution >= 4 is 29.0 Å². The molecule has 0 spiro atoms. The quantitative estimate of drug-likeness (QED) is 0.768. The molecule has 0 radical (unpaired) electrons. The highest BCUT2D eigenvalue weighted by Crippen LogP contribution is 2.34. The van der Waals surface area contributed by atoms with Crippen LogP contribution < -0.4 is 14.6 Å². The molecule has 118 valence electrons. The molecule has 2 rings (SSSR count). The number of halogens is 1. The fourth-order valence-electron chi connectivity index (χ4n) is 1.88. The van der Waals surface area contributed by atoms with Gasteiger partial charge in [-0.2, -0.15) is 19.9 Å². The Morgan fingerprint density at radius 3 is 2.64 bits per heavy atom. The molecule has 0 saturated carbocycles. The Balaban J connectivity index is 2.69. The molecule has 2 heterocycles. The number of aromatic nitrogens is 4. The van der Waals surface area contributed by atoms with E-state index in [1.54, 1.807) is 44.4 Å². The van der Waals surface area contributed by atoms with Gasteiger partial charge in [0.15, 0.2) is 11.5 Å². The van der Waals surface area contributed by atoms with Crippen molar-refractivity contribution in [1.29, 1.82) is 0 Å². The second kappa shape index (κ2) is 6.61. The maximum Gasteiger partial charge on any atom is 0.265 e. The molecule has 2 aromatic rings. The first-order valence-electron chi connectivity index (χ1n) is 6.51. The first-order chi connectivity index (χ1) is 10.5. The molecule has 0 aliphatic rings. The number of hydrogen-bond acceptors (Lipinski definition) is 6. The maximum absolute atomic E-state index is 12.6. The van der Waals surface area contributed by atoms with Crippen LogP contribution in [0.4, 0.5) is 11.5 Å². The Morgan fingerprint density at radius 2 is 2.14 bits per heavy atom. The predicted molar refractivity (Wildman–Crippen MR) is 83.3 cm³/mol. The van der Waals surface area contributed by atoms with E-state index in [9.17, 15) is 4.79 Å². The summed E-state index contributed by atoms with van der Waals surface area (Å²) in [7, 11) is 5.09. The van der Waals surface area contributed by atoms with Gasteiger partial charge in [-0.05, 0) is 13.0 Å². The van der Waals surface area contributed by atoms with Gasteiger partial charge in [-0.25, -0.2) is 4.98 Å². The van der Waals surface area contributed by atoms with E-state index in [0.717, 1.165) is 0 Å². The normalized spacial score (nSPS) is 11.9. The van der Waals surface area contributed by atoms with Gasteiger partial charge < -0.3 is 9.64 Å². The van der Waals surface area contributed by atoms with Crippen molar-refractivity contribution in [3.8, 4) is 5.88 Å². The lowest BCUT2D eigenvalue weighted by molar-refractivity contribution is -0.118. The molecule has 0 aromatic carbocycles. The molecule has 0 fully saturated rings. The van der Waals surface area contributed by atoms with Gasteiger partial charge in [0.05, 0.1) is 13.3 Å². The Morgan fingerprint density at radius 1 is 1.41 bits per heavy atom. The second-order valence-corrected chi connectivity index (χ2v) is 5.30. The summed E-state index contributed by atoms with van der Waals surface area (Å²) in [4.78, 5) is 24.0. The summed E-state index contributed by atoms with van der Waals surface area (Å²) < 4.78 is 5.29. The number of rotatable bonds is 5. The molecule has 8 nitrogen and oxygen atoms in total. The number of ether oxygens (including phenoxy) is 1. The summed E-state index contributed by atoms with van der Waals surface area (Å²) in [5.74, 6) is 0.384. The van der Waals surface area contributed by atoms with E-state index in [-0.39, 0.29) is 11.8 Å². The number of alkyl halides is 1. The molecule has 0 saturated heterocycles. The van der Waals surface area contributed by atoms with E-state index in [2.05, 4.69) is 15.1 Å². The molecule has 9 heteroatoms. The smallest absolute Gasteiger partial charge is 0.265 e. The summed E-state index contributed by atoms with van der Waals surface area (Å²) in [6.45, 7) is 1.59. The number of nitrogens with zero attached hydrogens (tertiary/aromatic N) is 6. The van der Waals surface area contributed by atoms with Gasteiger partial charge in [0.2, 0.25) is 5.88 Å². The highest BCUT2D eigenvalue weighted by atomic mass is 35.5. The Kier molecular flexibility index (Phi) is 4.81. The van der Waals surface area contributed by atoms with Crippen LogP contribution in [-0.4, -0.2) is 52.3 Å². The number of hydrogen-bond donors (Lipinski definition) is 0. The van der Waals surface area contributed by atoms with Crippen molar-refractivity contribution in [1.82, 2.24) is 19.9 Å². The number of carbonyl (C=O) groups is 1. The van der Waals surface area contributed by atoms with Gasteiger partial charge in [-0.15, -0.1) is 11.6 Å². The highest BCUT2D eigenvalue weighted by Gasteiger charge is 2.30. The predicted octanol–water partition coefficient (Wildman–Crippen LogP) is 1.17.